The number of hydrogen-bond donors (Lipinski definition) is 2. The van der Waals surface area contributed by atoms with Gasteiger partial charge in [-0.05, 0) is 64.5 Å². The van der Waals surface area contributed by atoms with E-state index in [9.17, 15) is 13.2 Å². The van der Waals surface area contributed by atoms with Crippen molar-refractivity contribution in [3.8, 4) is 0 Å². The largest absolute Gasteiger partial charge is 0.347 e. The summed E-state index contributed by atoms with van der Waals surface area (Å²) in [5, 5.41) is 2.83. The van der Waals surface area contributed by atoms with E-state index in [2.05, 4.69) is 26.0 Å². The van der Waals surface area contributed by atoms with Crippen LogP contribution in [-0.4, -0.2) is 14.3 Å². The summed E-state index contributed by atoms with van der Waals surface area (Å²) in [5.74, 6) is -0.216. The standard InChI is InChI=1S/C18H15BrN2O3S2/c19-17-11-10-15(25-17)12-20-18(22)13-6-8-14(9-7-13)21-26(23,24)16-4-2-1-3-5-16/h1-11,21H,12H2,(H,20,22). The molecule has 3 rings (SSSR count). The molecule has 0 saturated carbocycles. The summed E-state index contributed by atoms with van der Waals surface area (Å²) < 4.78 is 28.1. The third-order valence-electron chi connectivity index (χ3n) is 3.50. The molecule has 0 aliphatic rings. The number of halogens is 1. The maximum atomic E-state index is 12.3. The molecule has 134 valence electrons. The second-order valence-electron chi connectivity index (χ2n) is 5.38. The molecule has 1 heterocycles. The summed E-state index contributed by atoms with van der Waals surface area (Å²) >= 11 is 4.94. The second kappa shape index (κ2) is 8.03. The summed E-state index contributed by atoms with van der Waals surface area (Å²) in [6.07, 6.45) is 0. The summed E-state index contributed by atoms with van der Waals surface area (Å²) in [6.45, 7) is 0.442. The first-order chi connectivity index (χ1) is 12.4. The first-order valence-electron chi connectivity index (χ1n) is 7.64. The van der Waals surface area contributed by atoms with Crippen LogP contribution in [0.1, 0.15) is 15.2 Å². The topological polar surface area (TPSA) is 75.3 Å². The molecule has 0 atom stereocenters. The Hall–Kier alpha value is -2.16. The molecule has 0 saturated heterocycles. The average molecular weight is 451 g/mol. The Kier molecular flexibility index (Phi) is 5.75. The van der Waals surface area contributed by atoms with Crippen LogP contribution < -0.4 is 10.0 Å². The van der Waals surface area contributed by atoms with E-state index in [4.69, 9.17) is 0 Å². The van der Waals surface area contributed by atoms with Crippen LogP contribution in [0.25, 0.3) is 0 Å². The third kappa shape index (κ3) is 4.72. The Morgan fingerprint density at radius 3 is 2.27 bits per heavy atom. The molecular formula is C18H15BrN2O3S2. The van der Waals surface area contributed by atoms with Gasteiger partial charge in [-0.3, -0.25) is 9.52 Å². The van der Waals surface area contributed by atoms with Crippen molar-refractivity contribution in [3.63, 3.8) is 0 Å². The Morgan fingerprint density at radius 2 is 1.65 bits per heavy atom. The van der Waals surface area contributed by atoms with Gasteiger partial charge in [-0.15, -0.1) is 11.3 Å². The lowest BCUT2D eigenvalue weighted by Gasteiger charge is -2.09. The smallest absolute Gasteiger partial charge is 0.261 e. The molecule has 0 unspecified atom stereocenters. The highest BCUT2D eigenvalue weighted by Crippen LogP contribution is 2.22. The van der Waals surface area contributed by atoms with Crippen molar-refractivity contribution in [2.45, 2.75) is 11.4 Å². The molecular weight excluding hydrogens is 436 g/mol. The van der Waals surface area contributed by atoms with Gasteiger partial charge in [0.1, 0.15) is 0 Å². The fourth-order valence-electron chi connectivity index (χ4n) is 2.22. The number of hydrogen-bond acceptors (Lipinski definition) is 4. The molecule has 2 aromatic carbocycles. The molecule has 2 N–H and O–H groups in total. The number of anilines is 1. The Morgan fingerprint density at radius 1 is 0.962 bits per heavy atom. The van der Waals surface area contributed by atoms with E-state index >= 15 is 0 Å². The molecule has 5 nitrogen and oxygen atoms in total. The minimum absolute atomic E-state index is 0.184. The molecule has 26 heavy (non-hydrogen) atoms. The van der Waals surface area contributed by atoms with Gasteiger partial charge in [-0.1, -0.05) is 18.2 Å². The minimum Gasteiger partial charge on any atom is -0.347 e. The molecule has 0 bridgehead atoms. The van der Waals surface area contributed by atoms with E-state index in [-0.39, 0.29) is 10.8 Å². The van der Waals surface area contributed by atoms with Crippen molar-refractivity contribution in [1.29, 1.82) is 0 Å². The first-order valence-corrected chi connectivity index (χ1v) is 10.7. The molecule has 0 radical (unpaired) electrons. The predicted octanol–water partition coefficient (Wildman–Crippen LogP) is 4.24. The zero-order valence-electron chi connectivity index (χ0n) is 13.5. The van der Waals surface area contributed by atoms with Gasteiger partial charge in [0.25, 0.3) is 15.9 Å². The molecule has 8 heteroatoms. The number of amides is 1. The summed E-state index contributed by atoms with van der Waals surface area (Å²) in [6, 6.07) is 18.3. The zero-order valence-corrected chi connectivity index (χ0v) is 16.7. The van der Waals surface area contributed by atoms with Crippen LogP contribution in [0.4, 0.5) is 5.69 Å². The minimum atomic E-state index is -3.64. The quantitative estimate of drug-likeness (QED) is 0.589. The van der Waals surface area contributed by atoms with Crippen molar-refractivity contribution in [2.24, 2.45) is 0 Å². The maximum absolute atomic E-state index is 12.3. The van der Waals surface area contributed by atoms with Gasteiger partial charge in [0.15, 0.2) is 0 Å². The second-order valence-corrected chi connectivity index (χ2v) is 9.61. The lowest BCUT2D eigenvalue weighted by atomic mass is 10.2. The third-order valence-corrected chi connectivity index (χ3v) is 6.53. The molecule has 0 aliphatic heterocycles. The molecule has 3 aromatic rings. The molecule has 1 amide bonds. The van der Waals surface area contributed by atoms with Crippen molar-refractivity contribution >= 4 is 48.9 Å². The van der Waals surface area contributed by atoms with E-state index in [1.165, 1.54) is 12.1 Å². The number of rotatable bonds is 6. The van der Waals surface area contributed by atoms with Crippen molar-refractivity contribution in [3.05, 3.63) is 81.0 Å². The highest BCUT2D eigenvalue weighted by Gasteiger charge is 2.14. The van der Waals surface area contributed by atoms with Gasteiger partial charge in [0.05, 0.1) is 15.2 Å². The number of carbonyl (C=O) groups excluding carboxylic acids is 1. The van der Waals surface area contributed by atoms with E-state index in [1.54, 1.807) is 53.8 Å². The fraction of sp³-hybridized carbons (Fsp3) is 0.0556. The van der Waals surface area contributed by atoms with Crippen LogP contribution in [0, 0.1) is 0 Å². The normalized spacial score (nSPS) is 11.1. The molecule has 0 spiro atoms. The van der Waals surface area contributed by atoms with E-state index < -0.39 is 10.0 Å². The van der Waals surface area contributed by atoms with E-state index in [1.807, 2.05) is 12.1 Å². The number of thiophene rings is 1. The lowest BCUT2D eigenvalue weighted by Crippen LogP contribution is -2.22. The van der Waals surface area contributed by atoms with Crippen molar-refractivity contribution < 1.29 is 13.2 Å². The molecule has 0 fully saturated rings. The van der Waals surface area contributed by atoms with Gasteiger partial charge in [0, 0.05) is 16.1 Å². The van der Waals surface area contributed by atoms with Gasteiger partial charge in [-0.2, -0.15) is 0 Å². The Labute approximate surface area is 164 Å². The van der Waals surface area contributed by atoms with E-state index in [0.29, 0.717) is 17.8 Å². The van der Waals surface area contributed by atoms with Gasteiger partial charge in [-0.25, -0.2) is 8.42 Å². The number of nitrogens with one attached hydrogen (secondary N) is 2. The zero-order chi connectivity index (χ0) is 18.6. The highest BCUT2D eigenvalue weighted by molar-refractivity contribution is 9.11. The number of carbonyl (C=O) groups is 1. The van der Waals surface area contributed by atoms with Gasteiger partial charge in [0.2, 0.25) is 0 Å². The summed E-state index contributed by atoms with van der Waals surface area (Å²) in [5.41, 5.74) is 0.857. The molecule has 0 aliphatic carbocycles. The maximum Gasteiger partial charge on any atom is 0.261 e. The average Bonchev–Trinajstić information content (AvgIpc) is 3.06. The predicted molar refractivity (Wildman–Crippen MR) is 107 cm³/mol. The van der Waals surface area contributed by atoms with Crippen molar-refractivity contribution in [2.75, 3.05) is 4.72 Å². The van der Waals surface area contributed by atoms with Crippen LogP contribution in [0.5, 0.6) is 0 Å². The fourth-order valence-corrected chi connectivity index (χ4v) is 4.72. The Bertz CT molecular complexity index is 1000. The van der Waals surface area contributed by atoms with E-state index in [0.717, 1.165) is 8.66 Å². The highest BCUT2D eigenvalue weighted by atomic mass is 79.9. The Balaban J connectivity index is 1.63. The van der Waals surface area contributed by atoms with Crippen LogP contribution in [-0.2, 0) is 16.6 Å². The number of benzene rings is 2. The van der Waals surface area contributed by atoms with Gasteiger partial charge < -0.3 is 5.32 Å². The van der Waals surface area contributed by atoms with Crippen LogP contribution >= 0.6 is 27.3 Å². The first kappa shape index (κ1) is 18.6. The van der Waals surface area contributed by atoms with Crippen LogP contribution in [0.2, 0.25) is 0 Å². The van der Waals surface area contributed by atoms with Crippen LogP contribution in [0.15, 0.2) is 75.4 Å². The SMILES string of the molecule is O=C(NCc1ccc(Br)s1)c1ccc(NS(=O)(=O)c2ccccc2)cc1. The summed E-state index contributed by atoms with van der Waals surface area (Å²) in [7, 11) is -3.64. The van der Waals surface area contributed by atoms with Gasteiger partial charge >= 0.3 is 0 Å². The monoisotopic (exact) mass is 450 g/mol. The lowest BCUT2D eigenvalue weighted by molar-refractivity contribution is 0.0951. The van der Waals surface area contributed by atoms with Crippen LogP contribution in [0.3, 0.4) is 0 Å². The number of sulfonamides is 1. The molecule has 1 aromatic heterocycles. The van der Waals surface area contributed by atoms with Crippen molar-refractivity contribution in [1.82, 2.24) is 5.32 Å². The summed E-state index contributed by atoms with van der Waals surface area (Å²) in [4.78, 5) is 13.4.